The molecule has 3 rings (SSSR count). The summed E-state index contributed by atoms with van der Waals surface area (Å²) in [5.74, 6) is -0.157. The van der Waals surface area contributed by atoms with E-state index in [1.54, 1.807) is 19.9 Å². The predicted molar refractivity (Wildman–Crippen MR) is 69.8 cm³/mol. The van der Waals surface area contributed by atoms with Gasteiger partial charge in [0.15, 0.2) is 17.6 Å². The highest BCUT2D eigenvalue weighted by Gasteiger charge is 2.39. The lowest BCUT2D eigenvalue weighted by Gasteiger charge is -2.31. The lowest BCUT2D eigenvalue weighted by Crippen LogP contribution is -2.43. The Balaban J connectivity index is 2.00. The van der Waals surface area contributed by atoms with Gasteiger partial charge < -0.3 is 18.8 Å². The smallest absolute Gasteiger partial charge is 0.331 e. The summed E-state index contributed by atoms with van der Waals surface area (Å²) in [4.78, 5) is 29.5. The van der Waals surface area contributed by atoms with Crippen LogP contribution in [0.2, 0.25) is 0 Å². The molecule has 1 aliphatic rings. The van der Waals surface area contributed by atoms with Gasteiger partial charge in [-0.1, -0.05) is 0 Å². The van der Waals surface area contributed by atoms with Crippen molar-refractivity contribution in [3.8, 4) is 0 Å². The van der Waals surface area contributed by atoms with Crippen molar-refractivity contribution in [1.29, 1.82) is 0 Å². The number of fused-ring (bicyclic) bond motifs is 1. The van der Waals surface area contributed by atoms with Crippen molar-refractivity contribution < 1.29 is 23.5 Å². The summed E-state index contributed by atoms with van der Waals surface area (Å²) < 4.78 is 10.5. The molecule has 1 unspecified atom stereocenters. The maximum Gasteiger partial charge on any atom is 0.331 e. The van der Waals surface area contributed by atoms with E-state index in [1.807, 2.05) is 0 Å². The van der Waals surface area contributed by atoms with Crippen molar-refractivity contribution in [2.45, 2.75) is 26.3 Å². The van der Waals surface area contributed by atoms with Crippen LogP contribution in [0, 0.1) is 13.8 Å². The Labute approximate surface area is 120 Å². The average molecular weight is 290 g/mol. The molecular formula is C14H14N2O5. The summed E-state index contributed by atoms with van der Waals surface area (Å²) >= 11 is 0. The van der Waals surface area contributed by atoms with E-state index in [2.05, 4.69) is 4.98 Å². The molecule has 2 aromatic heterocycles. The maximum atomic E-state index is 12.6. The topological polar surface area (TPSA) is 96.8 Å². The number of amides is 1. The molecule has 110 valence electrons. The Kier molecular flexibility index (Phi) is 3.04. The van der Waals surface area contributed by atoms with Gasteiger partial charge in [-0.3, -0.25) is 4.79 Å². The van der Waals surface area contributed by atoms with Crippen molar-refractivity contribution in [3.63, 3.8) is 0 Å². The first-order valence-electron chi connectivity index (χ1n) is 6.53. The van der Waals surface area contributed by atoms with Gasteiger partial charge in [-0.15, -0.1) is 0 Å². The normalized spacial score (nSPS) is 17.6. The van der Waals surface area contributed by atoms with Crippen LogP contribution in [-0.2, 0) is 11.2 Å². The third kappa shape index (κ3) is 2.10. The van der Waals surface area contributed by atoms with Gasteiger partial charge in [0.05, 0.1) is 6.26 Å². The van der Waals surface area contributed by atoms with Gasteiger partial charge in [-0.2, -0.15) is 0 Å². The lowest BCUT2D eigenvalue weighted by atomic mass is 9.99. The Bertz CT molecular complexity index is 715. The van der Waals surface area contributed by atoms with Gasteiger partial charge in [-0.25, -0.2) is 9.78 Å². The second-order valence-electron chi connectivity index (χ2n) is 4.93. The fraction of sp³-hybridized carbons (Fsp3) is 0.357. The van der Waals surface area contributed by atoms with Gasteiger partial charge in [0.1, 0.15) is 11.5 Å². The van der Waals surface area contributed by atoms with Crippen LogP contribution in [0.15, 0.2) is 21.2 Å². The van der Waals surface area contributed by atoms with E-state index < -0.39 is 17.9 Å². The zero-order chi connectivity index (χ0) is 15.1. The van der Waals surface area contributed by atoms with E-state index in [-0.39, 0.29) is 12.2 Å². The summed E-state index contributed by atoms with van der Waals surface area (Å²) in [7, 11) is 0. The number of carbonyl (C=O) groups is 2. The first kappa shape index (κ1) is 13.4. The van der Waals surface area contributed by atoms with Crippen LogP contribution in [0.4, 0.5) is 0 Å². The Morgan fingerprint density at radius 2 is 2.19 bits per heavy atom. The van der Waals surface area contributed by atoms with Crippen LogP contribution in [-0.4, -0.2) is 33.4 Å². The number of oxazole rings is 1. The molecule has 0 radical (unpaired) electrons. The van der Waals surface area contributed by atoms with Crippen molar-refractivity contribution in [1.82, 2.24) is 9.88 Å². The van der Waals surface area contributed by atoms with Gasteiger partial charge in [0.2, 0.25) is 0 Å². The van der Waals surface area contributed by atoms with Gasteiger partial charge in [-0.05, 0) is 13.0 Å². The number of hydrogen-bond acceptors (Lipinski definition) is 5. The van der Waals surface area contributed by atoms with Crippen LogP contribution in [0.1, 0.15) is 39.5 Å². The van der Waals surface area contributed by atoms with Crippen LogP contribution in [0.3, 0.4) is 0 Å². The number of hydrogen-bond donors (Lipinski definition) is 1. The summed E-state index contributed by atoms with van der Waals surface area (Å²) in [6.07, 6.45) is 1.92. The molecule has 3 heterocycles. The molecule has 7 nitrogen and oxygen atoms in total. The highest BCUT2D eigenvalue weighted by molar-refractivity contribution is 5.96. The summed E-state index contributed by atoms with van der Waals surface area (Å²) in [5.41, 5.74) is 0.672. The Morgan fingerprint density at radius 1 is 1.43 bits per heavy atom. The SMILES string of the molecule is Cc1nc(C(=O)N2CCc3occc3C2C(=O)O)c(C)o1. The van der Waals surface area contributed by atoms with Gasteiger partial charge in [0, 0.05) is 25.5 Å². The number of rotatable bonds is 2. The molecule has 0 saturated carbocycles. The molecule has 1 N–H and O–H groups in total. The van der Waals surface area contributed by atoms with Crippen LogP contribution >= 0.6 is 0 Å². The highest BCUT2D eigenvalue weighted by Crippen LogP contribution is 2.32. The fourth-order valence-electron chi connectivity index (χ4n) is 2.66. The molecule has 0 aliphatic carbocycles. The molecule has 0 aromatic carbocycles. The fourth-order valence-corrected chi connectivity index (χ4v) is 2.66. The van der Waals surface area contributed by atoms with Crippen LogP contribution < -0.4 is 0 Å². The maximum absolute atomic E-state index is 12.6. The number of carboxylic acids is 1. The number of aliphatic carboxylic acids is 1. The molecule has 2 aromatic rings. The van der Waals surface area contributed by atoms with Crippen LogP contribution in [0.25, 0.3) is 0 Å². The summed E-state index contributed by atoms with van der Waals surface area (Å²) in [5, 5.41) is 9.46. The number of aryl methyl sites for hydroxylation is 2. The zero-order valence-corrected chi connectivity index (χ0v) is 11.6. The average Bonchev–Trinajstić information content (AvgIpc) is 3.02. The predicted octanol–water partition coefficient (Wildman–Crippen LogP) is 1.71. The largest absolute Gasteiger partial charge is 0.479 e. The first-order valence-corrected chi connectivity index (χ1v) is 6.53. The summed E-state index contributed by atoms with van der Waals surface area (Å²) in [6, 6.07) is 0.533. The minimum absolute atomic E-state index is 0.158. The molecular weight excluding hydrogens is 276 g/mol. The standard InChI is InChI=1S/C14H14N2O5/c1-7-11(15-8(2)21-7)13(17)16-5-3-10-9(4-6-20-10)12(16)14(18)19/h4,6,12H,3,5H2,1-2H3,(H,18,19). The first-order chi connectivity index (χ1) is 9.99. The molecule has 7 heteroatoms. The third-order valence-corrected chi connectivity index (χ3v) is 3.57. The molecule has 0 spiro atoms. The summed E-state index contributed by atoms with van der Waals surface area (Å²) in [6.45, 7) is 3.54. The number of carboxylic acid groups (broad SMARTS) is 1. The van der Waals surface area contributed by atoms with Crippen molar-refractivity contribution in [3.05, 3.63) is 41.0 Å². The van der Waals surface area contributed by atoms with Crippen molar-refractivity contribution in [2.75, 3.05) is 6.54 Å². The van der Waals surface area contributed by atoms with E-state index in [1.165, 1.54) is 11.2 Å². The molecule has 1 atom stereocenters. The van der Waals surface area contributed by atoms with E-state index in [0.29, 0.717) is 29.4 Å². The van der Waals surface area contributed by atoms with Crippen LogP contribution in [0.5, 0.6) is 0 Å². The third-order valence-electron chi connectivity index (χ3n) is 3.57. The van der Waals surface area contributed by atoms with E-state index in [9.17, 15) is 14.7 Å². The molecule has 0 saturated heterocycles. The molecule has 0 fully saturated rings. The Hall–Kier alpha value is -2.57. The van der Waals surface area contributed by atoms with Gasteiger partial charge in [0.25, 0.3) is 5.91 Å². The second kappa shape index (κ2) is 4.76. The number of furan rings is 1. The monoisotopic (exact) mass is 290 g/mol. The second-order valence-corrected chi connectivity index (χ2v) is 4.93. The number of carbonyl (C=O) groups excluding carboxylic acids is 1. The number of nitrogens with zero attached hydrogens (tertiary/aromatic N) is 2. The van der Waals surface area contributed by atoms with E-state index >= 15 is 0 Å². The molecule has 1 amide bonds. The van der Waals surface area contributed by atoms with E-state index in [0.717, 1.165) is 0 Å². The highest BCUT2D eigenvalue weighted by atomic mass is 16.4. The number of aromatic nitrogens is 1. The lowest BCUT2D eigenvalue weighted by molar-refractivity contribution is -0.143. The van der Waals surface area contributed by atoms with E-state index in [4.69, 9.17) is 8.83 Å². The Morgan fingerprint density at radius 3 is 2.81 bits per heavy atom. The minimum Gasteiger partial charge on any atom is -0.479 e. The molecule has 1 aliphatic heterocycles. The zero-order valence-electron chi connectivity index (χ0n) is 11.6. The minimum atomic E-state index is -1.09. The van der Waals surface area contributed by atoms with Gasteiger partial charge >= 0.3 is 5.97 Å². The quantitative estimate of drug-likeness (QED) is 0.904. The van der Waals surface area contributed by atoms with Crippen molar-refractivity contribution >= 4 is 11.9 Å². The molecule has 0 bridgehead atoms. The molecule has 21 heavy (non-hydrogen) atoms. The van der Waals surface area contributed by atoms with Crippen molar-refractivity contribution in [2.24, 2.45) is 0 Å².